The van der Waals surface area contributed by atoms with E-state index in [1.165, 1.54) is 32.9 Å². The lowest BCUT2D eigenvalue weighted by Crippen LogP contribution is -2.37. The van der Waals surface area contributed by atoms with Crippen molar-refractivity contribution in [3.05, 3.63) is 53.5 Å². The maximum Gasteiger partial charge on any atom is 0.243 e. The van der Waals surface area contributed by atoms with Gasteiger partial charge in [0.15, 0.2) is 0 Å². The highest BCUT2D eigenvalue weighted by molar-refractivity contribution is 7.89. The van der Waals surface area contributed by atoms with E-state index in [0.717, 1.165) is 40.9 Å². The monoisotopic (exact) mass is 491 g/mol. The van der Waals surface area contributed by atoms with Crippen molar-refractivity contribution >= 4 is 41.6 Å². The van der Waals surface area contributed by atoms with E-state index < -0.39 is 20.0 Å². The molecule has 2 aliphatic heterocycles. The van der Waals surface area contributed by atoms with E-state index in [0.29, 0.717) is 26.2 Å². The van der Waals surface area contributed by atoms with Gasteiger partial charge in [0.2, 0.25) is 20.0 Å². The summed E-state index contributed by atoms with van der Waals surface area (Å²) in [6, 6.07) is 13.7. The van der Waals surface area contributed by atoms with Gasteiger partial charge in [-0.05, 0) is 62.1 Å². The van der Waals surface area contributed by atoms with Crippen molar-refractivity contribution in [3.8, 4) is 0 Å². The molecule has 0 aliphatic carbocycles. The lowest BCUT2D eigenvalue weighted by atomic mass is 9.99. The third-order valence-corrected chi connectivity index (χ3v) is 11.3. The molecule has 3 heterocycles. The van der Waals surface area contributed by atoms with Gasteiger partial charge in [0.25, 0.3) is 0 Å². The fourth-order valence-corrected chi connectivity index (χ4v) is 8.54. The molecule has 0 unspecified atom stereocenters. The van der Waals surface area contributed by atoms with Crippen LogP contribution in [0.3, 0.4) is 0 Å². The molecule has 0 saturated carbocycles. The van der Waals surface area contributed by atoms with Crippen LogP contribution in [-0.4, -0.2) is 56.6 Å². The number of rotatable bonds is 5. The van der Waals surface area contributed by atoms with Crippen molar-refractivity contribution < 1.29 is 16.8 Å². The Bertz CT molecular complexity index is 1290. The molecule has 0 amide bonds. The van der Waals surface area contributed by atoms with Crippen LogP contribution in [0.4, 0.5) is 0 Å². The minimum absolute atomic E-state index is 0.135. The zero-order valence-corrected chi connectivity index (χ0v) is 20.0. The second-order valence-electron chi connectivity index (χ2n) is 8.28. The Labute approximate surface area is 192 Å². The summed E-state index contributed by atoms with van der Waals surface area (Å²) in [6.07, 6.45) is 3.16. The van der Waals surface area contributed by atoms with E-state index in [1.54, 1.807) is 11.3 Å². The first-order valence-electron chi connectivity index (χ1n) is 10.8. The second-order valence-corrected chi connectivity index (χ2v) is 13.2. The molecule has 0 bridgehead atoms. The van der Waals surface area contributed by atoms with Crippen LogP contribution in [0.25, 0.3) is 10.2 Å². The Morgan fingerprint density at radius 3 is 1.84 bits per heavy atom. The molecule has 7 nitrogen and oxygen atoms in total. The predicted molar refractivity (Wildman–Crippen MR) is 125 cm³/mol. The number of piperidine rings is 1. The van der Waals surface area contributed by atoms with Gasteiger partial charge in [-0.25, -0.2) is 21.8 Å². The molecule has 10 heteroatoms. The highest BCUT2D eigenvalue weighted by Gasteiger charge is 2.32. The van der Waals surface area contributed by atoms with Gasteiger partial charge in [-0.15, -0.1) is 11.3 Å². The number of hydrogen-bond donors (Lipinski definition) is 0. The molecular formula is C22H25N3O4S3. The lowest BCUT2D eigenvalue weighted by molar-refractivity contribution is 0.319. The van der Waals surface area contributed by atoms with Gasteiger partial charge in [0.1, 0.15) is 0 Å². The number of thiazole rings is 1. The van der Waals surface area contributed by atoms with Crippen molar-refractivity contribution in [1.29, 1.82) is 0 Å². The van der Waals surface area contributed by atoms with Crippen LogP contribution >= 0.6 is 11.3 Å². The third-order valence-electron chi connectivity index (χ3n) is 6.28. The van der Waals surface area contributed by atoms with Gasteiger partial charge in [0.05, 0.1) is 25.0 Å². The minimum Gasteiger partial charge on any atom is -0.241 e. The number of aromatic nitrogens is 1. The Hall–Kier alpha value is -1.85. The molecule has 0 radical (unpaired) electrons. The summed E-state index contributed by atoms with van der Waals surface area (Å²) in [6.45, 7) is 1.89. The molecule has 2 aromatic carbocycles. The highest BCUT2D eigenvalue weighted by Crippen LogP contribution is 2.35. The van der Waals surface area contributed by atoms with Crippen molar-refractivity contribution in [2.75, 3.05) is 26.2 Å². The molecule has 0 N–H and O–H groups in total. The van der Waals surface area contributed by atoms with Gasteiger partial charge in [0, 0.05) is 32.1 Å². The molecule has 3 aromatic rings. The van der Waals surface area contributed by atoms with Gasteiger partial charge >= 0.3 is 0 Å². The van der Waals surface area contributed by atoms with Gasteiger partial charge in [-0.2, -0.15) is 8.61 Å². The van der Waals surface area contributed by atoms with E-state index in [9.17, 15) is 16.8 Å². The number of sulfonamides is 2. The van der Waals surface area contributed by atoms with E-state index in [4.69, 9.17) is 4.98 Å². The Balaban J connectivity index is 1.29. The van der Waals surface area contributed by atoms with Crippen LogP contribution in [0.15, 0.2) is 58.3 Å². The number of benzene rings is 2. The third kappa shape index (κ3) is 3.99. The lowest BCUT2D eigenvalue weighted by Gasteiger charge is -2.30. The Kier molecular flexibility index (Phi) is 5.83. The zero-order chi connectivity index (χ0) is 22.3. The highest BCUT2D eigenvalue weighted by atomic mass is 32.2. The molecule has 32 heavy (non-hydrogen) atoms. The molecule has 2 aliphatic rings. The van der Waals surface area contributed by atoms with Crippen LogP contribution in [0.5, 0.6) is 0 Å². The number of hydrogen-bond acceptors (Lipinski definition) is 6. The smallest absolute Gasteiger partial charge is 0.241 e. The van der Waals surface area contributed by atoms with E-state index >= 15 is 0 Å². The Morgan fingerprint density at radius 2 is 1.28 bits per heavy atom. The average molecular weight is 492 g/mol. The summed E-state index contributed by atoms with van der Waals surface area (Å²) in [5, 5.41) is 1.07. The Morgan fingerprint density at radius 1 is 0.750 bits per heavy atom. The summed E-state index contributed by atoms with van der Waals surface area (Å²) >= 11 is 1.68. The van der Waals surface area contributed by atoms with Crippen molar-refractivity contribution in [2.45, 2.75) is 41.4 Å². The van der Waals surface area contributed by atoms with Crippen LogP contribution < -0.4 is 0 Å². The van der Waals surface area contributed by atoms with Gasteiger partial charge < -0.3 is 0 Å². The normalized spacial score (nSPS) is 19.6. The van der Waals surface area contributed by atoms with E-state index in [2.05, 4.69) is 6.07 Å². The first kappa shape index (κ1) is 22.0. The van der Waals surface area contributed by atoms with Crippen LogP contribution in [0, 0.1) is 0 Å². The second kappa shape index (κ2) is 8.49. The topological polar surface area (TPSA) is 87.6 Å². The fraction of sp³-hybridized carbons (Fsp3) is 0.409. The summed E-state index contributed by atoms with van der Waals surface area (Å²) in [5.74, 6) is 0.256. The number of nitrogens with zero attached hydrogens (tertiary/aromatic N) is 3. The molecule has 2 fully saturated rings. The van der Waals surface area contributed by atoms with Crippen LogP contribution in [-0.2, 0) is 20.0 Å². The average Bonchev–Trinajstić information content (AvgIpc) is 3.50. The quantitative estimate of drug-likeness (QED) is 0.544. The van der Waals surface area contributed by atoms with E-state index in [-0.39, 0.29) is 15.7 Å². The summed E-state index contributed by atoms with van der Waals surface area (Å²) in [5.41, 5.74) is 0.992. The van der Waals surface area contributed by atoms with Crippen molar-refractivity contribution in [1.82, 2.24) is 13.6 Å². The van der Waals surface area contributed by atoms with E-state index in [1.807, 2.05) is 18.2 Å². The summed E-state index contributed by atoms with van der Waals surface area (Å²) in [7, 11) is -7.22. The van der Waals surface area contributed by atoms with Gasteiger partial charge in [-0.3, -0.25) is 0 Å². The van der Waals surface area contributed by atoms with Crippen LogP contribution in [0.1, 0.15) is 36.6 Å². The maximum absolute atomic E-state index is 13.1. The number of fused-ring (bicyclic) bond motifs is 1. The first-order valence-corrected chi connectivity index (χ1v) is 14.5. The maximum atomic E-state index is 13.1. The van der Waals surface area contributed by atoms with Gasteiger partial charge in [-0.1, -0.05) is 12.1 Å². The number of para-hydroxylation sites is 1. The standard InChI is InChI=1S/C22H25N3O4S3/c26-31(27,24-13-3-4-14-24)18-7-9-19(10-8-18)32(28,29)25-15-11-17(12-16-25)22-23-20-5-1-2-6-21(20)30-22/h1-2,5-10,17H,3-4,11-16H2. The SMILES string of the molecule is O=S(=O)(c1ccc(S(=O)(=O)N2CCC(c3nc4ccccc4s3)CC2)cc1)N1CCCC1. The minimum atomic E-state index is -3.67. The first-order chi connectivity index (χ1) is 15.4. The summed E-state index contributed by atoms with van der Waals surface area (Å²) in [4.78, 5) is 5.02. The molecule has 1 aromatic heterocycles. The fourth-order valence-electron chi connectivity index (χ4n) is 4.42. The molecule has 5 rings (SSSR count). The van der Waals surface area contributed by atoms with Crippen molar-refractivity contribution in [2.24, 2.45) is 0 Å². The molecule has 170 valence electrons. The van der Waals surface area contributed by atoms with Crippen molar-refractivity contribution in [3.63, 3.8) is 0 Å². The zero-order valence-electron chi connectivity index (χ0n) is 17.6. The molecule has 0 atom stereocenters. The largest absolute Gasteiger partial charge is 0.243 e. The van der Waals surface area contributed by atoms with Crippen LogP contribution in [0.2, 0.25) is 0 Å². The molecule has 0 spiro atoms. The molecular weight excluding hydrogens is 466 g/mol. The predicted octanol–water partition coefficient (Wildman–Crippen LogP) is 3.65. The molecule has 2 saturated heterocycles. The summed E-state index contributed by atoms with van der Waals surface area (Å²) < 4.78 is 55.8.